The maximum atomic E-state index is 12.9. The predicted molar refractivity (Wildman–Crippen MR) is 141 cm³/mol. The average Bonchev–Trinajstić information content (AvgIpc) is 2.87. The molecule has 3 aromatic rings. The molecule has 1 heterocycles. The first-order valence-corrected chi connectivity index (χ1v) is 12.8. The molecule has 0 unspecified atom stereocenters. The van der Waals surface area contributed by atoms with E-state index in [0.717, 1.165) is 50.7 Å². The SMILES string of the molecule is CCN(CCCNC(=O)C1CCC(Cn2c(=S)[nH]c3ccccc3c2=O)CC1)c1ccccc1. The molecule has 0 spiro atoms. The van der Waals surface area contributed by atoms with E-state index in [1.165, 1.54) is 5.69 Å². The third-order valence-corrected chi connectivity index (χ3v) is 7.28. The Labute approximate surface area is 206 Å². The molecule has 34 heavy (non-hydrogen) atoms. The lowest BCUT2D eigenvalue weighted by atomic mass is 9.81. The Kier molecular flexibility index (Phi) is 8.16. The number of amides is 1. The molecule has 0 saturated heterocycles. The van der Waals surface area contributed by atoms with Crippen LogP contribution in [0.15, 0.2) is 59.4 Å². The number of nitrogens with one attached hydrogen (secondary N) is 2. The van der Waals surface area contributed by atoms with Crippen molar-refractivity contribution in [3.63, 3.8) is 0 Å². The summed E-state index contributed by atoms with van der Waals surface area (Å²) >= 11 is 5.46. The Morgan fingerprint density at radius 1 is 1.09 bits per heavy atom. The van der Waals surface area contributed by atoms with Gasteiger partial charge in [0, 0.05) is 37.8 Å². The van der Waals surface area contributed by atoms with Gasteiger partial charge in [-0.3, -0.25) is 14.2 Å². The fourth-order valence-electron chi connectivity index (χ4n) is 4.96. The van der Waals surface area contributed by atoms with E-state index in [1.807, 2.05) is 30.3 Å². The largest absolute Gasteiger partial charge is 0.372 e. The molecule has 1 aliphatic rings. The van der Waals surface area contributed by atoms with Crippen LogP contribution >= 0.6 is 12.2 Å². The lowest BCUT2D eigenvalue weighted by Gasteiger charge is -2.28. The van der Waals surface area contributed by atoms with Crippen molar-refractivity contribution >= 4 is 34.7 Å². The highest BCUT2D eigenvalue weighted by Crippen LogP contribution is 2.30. The first-order chi connectivity index (χ1) is 16.6. The topological polar surface area (TPSA) is 70.1 Å². The lowest BCUT2D eigenvalue weighted by molar-refractivity contribution is -0.126. The number of nitrogens with zero attached hydrogens (tertiary/aromatic N) is 2. The van der Waals surface area contributed by atoms with Crippen molar-refractivity contribution in [2.24, 2.45) is 11.8 Å². The van der Waals surface area contributed by atoms with Crippen LogP contribution in [-0.2, 0) is 11.3 Å². The van der Waals surface area contributed by atoms with E-state index in [9.17, 15) is 9.59 Å². The van der Waals surface area contributed by atoms with Gasteiger partial charge in [0.1, 0.15) is 0 Å². The molecule has 7 heteroatoms. The minimum atomic E-state index is -0.0316. The number of aromatic nitrogens is 2. The summed E-state index contributed by atoms with van der Waals surface area (Å²) in [7, 11) is 0. The van der Waals surface area contributed by atoms with Gasteiger partial charge in [0.25, 0.3) is 5.56 Å². The summed E-state index contributed by atoms with van der Waals surface area (Å²) in [5.41, 5.74) is 1.97. The quantitative estimate of drug-likeness (QED) is 0.339. The highest BCUT2D eigenvalue weighted by Gasteiger charge is 2.26. The fourth-order valence-corrected chi connectivity index (χ4v) is 5.23. The zero-order chi connectivity index (χ0) is 23.9. The summed E-state index contributed by atoms with van der Waals surface area (Å²) in [5.74, 6) is 0.596. The zero-order valence-electron chi connectivity index (χ0n) is 19.8. The number of fused-ring (bicyclic) bond motifs is 1. The number of anilines is 1. The van der Waals surface area contributed by atoms with Crippen LogP contribution in [0.25, 0.3) is 10.9 Å². The summed E-state index contributed by atoms with van der Waals surface area (Å²) < 4.78 is 2.16. The van der Waals surface area contributed by atoms with Gasteiger partial charge in [-0.05, 0) is 81.4 Å². The molecular weight excluding hydrogens is 444 g/mol. The Bertz CT molecular complexity index is 1210. The molecule has 1 aromatic heterocycles. The van der Waals surface area contributed by atoms with Crippen molar-refractivity contribution in [2.75, 3.05) is 24.5 Å². The molecule has 2 N–H and O–H groups in total. The number of hydrogen-bond acceptors (Lipinski definition) is 4. The Morgan fingerprint density at radius 2 is 1.79 bits per heavy atom. The highest BCUT2D eigenvalue weighted by molar-refractivity contribution is 7.71. The molecule has 6 nitrogen and oxygen atoms in total. The van der Waals surface area contributed by atoms with Crippen molar-refractivity contribution in [3.05, 3.63) is 69.7 Å². The smallest absolute Gasteiger partial charge is 0.262 e. The summed E-state index contributed by atoms with van der Waals surface area (Å²) in [6.45, 7) is 5.34. The molecule has 4 rings (SSSR count). The van der Waals surface area contributed by atoms with Gasteiger partial charge >= 0.3 is 0 Å². The second kappa shape index (κ2) is 11.5. The van der Waals surface area contributed by atoms with E-state index < -0.39 is 0 Å². The first-order valence-electron chi connectivity index (χ1n) is 12.4. The molecule has 0 bridgehead atoms. The van der Waals surface area contributed by atoms with Crippen molar-refractivity contribution < 1.29 is 4.79 Å². The van der Waals surface area contributed by atoms with Gasteiger partial charge in [-0.25, -0.2) is 0 Å². The van der Waals surface area contributed by atoms with Gasteiger partial charge < -0.3 is 15.2 Å². The Balaban J connectivity index is 1.23. The van der Waals surface area contributed by atoms with Gasteiger partial charge in [0.15, 0.2) is 4.77 Å². The van der Waals surface area contributed by atoms with Crippen molar-refractivity contribution in [1.82, 2.24) is 14.9 Å². The van der Waals surface area contributed by atoms with Crippen LogP contribution in [0.5, 0.6) is 0 Å². The molecule has 1 saturated carbocycles. The number of carbonyl (C=O) groups excluding carboxylic acids is 1. The van der Waals surface area contributed by atoms with Gasteiger partial charge in [0.2, 0.25) is 5.91 Å². The molecule has 180 valence electrons. The van der Waals surface area contributed by atoms with E-state index in [4.69, 9.17) is 12.2 Å². The minimum Gasteiger partial charge on any atom is -0.372 e. The van der Waals surface area contributed by atoms with Crippen molar-refractivity contribution in [3.8, 4) is 0 Å². The molecule has 1 amide bonds. The minimum absolute atomic E-state index is 0.0316. The predicted octanol–water partition coefficient (Wildman–Crippen LogP) is 4.90. The van der Waals surface area contributed by atoms with Crippen molar-refractivity contribution in [2.45, 2.75) is 45.6 Å². The van der Waals surface area contributed by atoms with E-state index in [-0.39, 0.29) is 17.4 Å². The standard InChI is InChI=1S/C27H34N4O2S/c1-2-30(22-9-4-3-5-10-22)18-8-17-28-25(32)21-15-13-20(14-16-21)19-31-26(33)23-11-6-7-12-24(23)29-27(31)34/h3-7,9-12,20-21H,2,8,13-19H2,1H3,(H,28,32)(H,29,34). The average molecular weight is 479 g/mol. The van der Waals surface area contributed by atoms with Crippen LogP contribution in [0, 0.1) is 16.6 Å². The molecule has 1 fully saturated rings. The number of H-pyrrole nitrogens is 1. The zero-order valence-corrected chi connectivity index (χ0v) is 20.7. The number of para-hydroxylation sites is 2. The fraction of sp³-hybridized carbons (Fsp3) is 0.444. The van der Waals surface area contributed by atoms with Gasteiger partial charge in [0.05, 0.1) is 10.9 Å². The second-order valence-corrected chi connectivity index (χ2v) is 9.56. The summed E-state index contributed by atoms with van der Waals surface area (Å²) in [5, 5.41) is 3.81. The van der Waals surface area contributed by atoms with E-state index in [2.05, 4.69) is 46.4 Å². The van der Waals surface area contributed by atoms with Crippen LogP contribution in [0.1, 0.15) is 39.0 Å². The van der Waals surface area contributed by atoms with E-state index >= 15 is 0 Å². The first kappa shape index (κ1) is 24.2. The highest BCUT2D eigenvalue weighted by atomic mass is 32.1. The van der Waals surface area contributed by atoms with Gasteiger partial charge in [-0.1, -0.05) is 30.3 Å². The third kappa shape index (κ3) is 5.76. The maximum absolute atomic E-state index is 12.9. The normalized spacial score (nSPS) is 18.0. The van der Waals surface area contributed by atoms with Gasteiger partial charge in [-0.2, -0.15) is 0 Å². The lowest BCUT2D eigenvalue weighted by Crippen LogP contribution is -2.36. The van der Waals surface area contributed by atoms with Gasteiger partial charge in [-0.15, -0.1) is 0 Å². The maximum Gasteiger partial charge on any atom is 0.262 e. The second-order valence-electron chi connectivity index (χ2n) is 9.17. The van der Waals surface area contributed by atoms with E-state index in [0.29, 0.717) is 29.2 Å². The molecule has 0 radical (unpaired) electrons. The molecular formula is C27H34N4O2S. The Hall–Kier alpha value is -2.93. The van der Waals surface area contributed by atoms with E-state index in [1.54, 1.807) is 4.57 Å². The third-order valence-electron chi connectivity index (χ3n) is 6.95. The van der Waals surface area contributed by atoms with Crippen LogP contribution in [0.4, 0.5) is 5.69 Å². The number of rotatable bonds is 9. The van der Waals surface area contributed by atoms with Crippen LogP contribution in [0.2, 0.25) is 0 Å². The molecule has 1 aliphatic carbocycles. The number of hydrogen-bond donors (Lipinski definition) is 2. The number of carbonyl (C=O) groups is 1. The number of aromatic amines is 1. The summed E-state index contributed by atoms with van der Waals surface area (Å²) in [4.78, 5) is 31.1. The van der Waals surface area contributed by atoms with Crippen molar-refractivity contribution in [1.29, 1.82) is 0 Å². The number of benzene rings is 2. The molecule has 0 aliphatic heterocycles. The molecule has 2 aromatic carbocycles. The Morgan fingerprint density at radius 3 is 2.53 bits per heavy atom. The van der Waals surface area contributed by atoms with Crippen LogP contribution < -0.4 is 15.8 Å². The monoisotopic (exact) mass is 478 g/mol. The summed E-state index contributed by atoms with van der Waals surface area (Å²) in [6, 6.07) is 17.9. The molecule has 0 atom stereocenters. The summed E-state index contributed by atoms with van der Waals surface area (Å²) in [6.07, 6.45) is 4.51. The van der Waals surface area contributed by atoms with Crippen LogP contribution in [-0.4, -0.2) is 35.1 Å². The van der Waals surface area contributed by atoms with Crippen LogP contribution in [0.3, 0.4) is 0 Å².